The highest BCUT2D eigenvalue weighted by Gasteiger charge is 2.17. The number of benzene rings is 2. The van der Waals surface area contributed by atoms with Crippen LogP contribution in [-0.4, -0.2) is 30.5 Å². The van der Waals surface area contributed by atoms with Crippen LogP contribution in [0.5, 0.6) is 0 Å². The highest BCUT2D eigenvalue weighted by atomic mass is 32.2. The Kier molecular flexibility index (Phi) is 6.04. The van der Waals surface area contributed by atoms with Gasteiger partial charge in [0.15, 0.2) is 0 Å². The van der Waals surface area contributed by atoms with Gasteiger partial charge in [-0.05, 0) is 59.9 Å². The van der Waals surface area contributed by atoms with E-state index >= 15 is 0 Å². The molecule has 1 aliphatic heterocycles. The highest BCUT2D eigenvalue weighted by molar-refractivity contribution is 8.16. The maximum Gasteiger partial charge on any atom is 0.337 e. The van der Waals surface area contributed by atoms with Crippen molar-refractivity contribution >= 4 is 41.1 Å². The molecule has 1 N–H and O–H groups in total. The van der Waals surface area contributed by atoms with Crippen LogP contribution >= 0.6 is 23.5 Å². The second kappa shape index (κ2) is 8.45. The molecule has 0 aliphatic carbocycles. The van der Waals surface area contributed by atoms with E-state index < -0.39 is 5.97 Å². The molecule has 0 bridgehead atoms. The van der Waals surface area contributed by atoms with Gasteiger partial charge in [-0.1, -0.05) is 12.1 Å². The smallest absolute Gasteiger partial charge is 0.337 e. The van der Waals surface area contributed by atoms with Crippen molar-refractivity contribution in [3.63, 3.8) is 0 Å². The first-order valence-corrected chi connectivity index (χ1v) is 10.1. The minimum atomic E-state index is -0.396. The van der Waals surface area contributed by atoms with Crippen LogP contribution in [0.4, 0.5) is 5.69 Å². The van der Waals surface area contributed by atoms with Crippen LogP contribution in [0.3, 0.4) is 0 Å². The van der Waals surface area contributed by atoms with Crippen LogP contribution in [0.15, 0.2) is 48.5 Å². The molecule has 0 atom stereocenters. The lowest BCUT2D eigenvalue weighted by Crippen LogP contribution is -2.12. The van der Waals surface area contributed by atoms with Gasteiger partial charge in [-0.25, -0.2) is 4.79 Å². The maximum atomic E-state index is 12.4. The lowest BCUT2D eigenvalue weighted by Gasteiger charge is -2.21. The average molecular weight is 373 g/mol. The van der Waals surface area contributed by atoms with Crippen molar-refractivity contribution in [1.82, 2.24) is 0 Å². The van der Waals surface area contributed by atoms with E-state index in [1.54, 1.807) is 24.3 Å². The summed E-state index contributed by atoms with van der Waals surface area (Å²) in [5.74, 6) is 1.83. The Morgan fingerprint density at radius 1 is 0.960 bits per heavy atom. The van der Waals surface area contributed by atoms with E-state index in [4.69, 9.17) is 0 Å². The molecule has 0 saturated carbocycles. The largest absolute Gasteiger partial charge is 0.465 e. The van der Waals surface area contributed by atoms with Gasteiger partial charge in [0.1, 0.15) is 0 Å². The number of carbonyl (C=O) groups excluding carboxylic acids is 2. The molecular weight excluding hydrogens is 354 g/mol. The fourth-order valence-corrected chi connectivity index (χ4v) is 5.38. The first-order valence-electron chi connectivity index (χ1n) is 8.00. The fourth-order valence-electron chi connectivity index (χ4n) is 2.48. The van der Waals surface area contributed by atoms with Crippen molar-refractivity contribution in [2.24, 2.45) is 0 Å². The summed E-state index contributed by atoms with van der Waals surface area (Å²) in [6, 6.07) is 14.4. The van der Waals surface area contributed by atoms with Gasteiger partial charge >= 0.3 is 5.97 Å². The summed E-state index contributed by atoms with van der Waals surface area (Å²) in [6.45, 7) is 0. The molecule has 1 amide bonds. The number of nitrogens with one attached hydrogen (secondary N) is 1. The topological polar surface area (TPSA) is 55.4 Å². The Morgan fingerprint density at radius 3 is 2.16 bits per heavy atom. The number of esters is 1. The zero-order chi connectivity index (χ0) is 17.6. The van der Waals surface area contributed by atoms with E-state index in [1.807, 2.05) is 47.8 Å². The van der Waals surface area contributed by atoms with Crippen molar-refractivity contribution in [1.29, 1.82) is 0 Å². The molecule has 0 unspecified atom stereocenters. The maximum absolute atomic E-state index is 12.4. The monoisotopic (exact) mass is 373 g/mol. The van der Waals surface area contributed by atoms with Gasteiger partial charge in [0.25, 0.3) is 5.91 Å². The zero-order valence-corrected chi connectivity index (χ0v) is 15.5. The minimum Gasteiger partial charge on any atom is -0.465 e. The quantitative estimate of drug-likeness (QED) is 0.794. The summed E-state index contributed by atoms with van der Waals surface area (Å²) in [5.41, 5.74) is 2.97. The van der Waals surface area contributed by atoms with E-state index in [1.165, 1.54) is 30.6 Å². The SMILES string of the molecule is COC(=O)c1ccc(NC(=O)c2ccc(C3SCCCS3)cc2)cc1. The Hall–Kier alpha value is -1.92. The Bertz CT molecular complexity index is 738. The second-order valence-corrected chi connectivity index (χ2v) is 8.30. The van der Waals surface area contributed by atoms with Gasteiger partial charge in [0.05, 0.1) is 17.3 Å². The molecule has 6 heteroatoms. The van der Waals surface area contributed by atoms with Gasteiger partial charge in [-0.2, -0.15) is 0 Å². The predicted molar refractivity (Wildman–Crippen MR) is 104 cm³/mol. The standard InChI is InChI=1S/C19H19NO3S2/c1-23-18(22)14-7-9-16(10-8-14)20-17(21)13-3-5-15(6-4-13)19-24-11-2-12-25-19/h3-10,19H,2,11-12H2,1H3,(H,20,21). The third kappa shape index (κ3) is 4.58. The van der Waals surface area contributed by atoms with Crippen molar-refractivity contribution in [3.05, 3.63) is 65.2 Å². The molecule has 4 nitrogen and oxygen atoms in total. The van der Waals surface area contributed by atoms with Crippen LogP contribution in [0, 0.1) is 0 Å². The molecule has 0 aromatic heterocycles. The van der Waals surface area contributed by atoms with Gasteiger partial charge in [-0.15, -0.1) is 23.5 Å². The van der Waals surface area contributed by atoms with E-state index in [0.29, 0.717) is 21.4 Å². The predicted octanol–water partition coefficient (Wildman–Crippen LogP) is 4.59. The molecular formula is C19H19NO3S2. The molecule has 1 aliphatic rings. The lowest BCUT2D eigenvalue weighted by molar-refractivity contribution is 0.0600. The van der Waals surface area contributed by atoms with Crippen LogP contribution in [0.2, 0.25) is 0 Å². The average Bonchev–Trinajstić information content (AvgIpc) is 2.68. The lowest BCUT2D eigenvalue weighted by atomic mass is 10.1. The van der Waals surface area contributed by atoms with Crippen LogP contribution in [0.25, 0.3) is 0 Å². The van der Waals surface area contributed by atoms with E-state index in [0.717, 1.165) is 0 Å². The summed E-state index contributed by atoms with van der Waals surface area (Å²) in [6.07, 6.45) is 1.26. The third-order valence-corrected chi connectivity index (χ3v) is 6.85. The van der Waals surface area contributed by atoms with Crippen molar-refractivity contribution in [2.45, 2.75) is 11.0 Å². The normalized spacial score (nSPS) is 14.8. The Labute approximate surface area is 155 Å². The van der Waals surface area contributed by atoms with Crippen LogP contribution < -0.4 is 5.32 Å². The number of carbonyl (C=O) groups is 2. The molecule has 0 spiro atoms. The third-order valence-electron chi connectivity index (χ3n) is 3.84. The first kappa shape index (κ1) is 17.9. The zero-order valence-electron chi connectivity index (χ0n) is 13.9. The Balaban J connectivity index is 1.63. The number of methoxy groups -OCH3 is 1. The molecule has 1 saturated heterocycles. The first-order chi connectivity index (χ1) is 12.2. The summed E-state index contributed by atoms with van der Waals surface area (Å²) < 4.78 is 5.13. The van der Waals surface area contributed by atoms with Crippen molar-refractivity contribution < 1.29 is 14.3 Å². The van der Waals surface area contributed by atoms with Gasteiger partial charge in [0.2, 0.25) is 0 Å². The van der Waals surface area contributed by atoms with Crippen molar-refractivity contribution in [2.75, 3.05) is 23.9 Å². The van der Waals surface area contributed by atoms with Crippen LogP contribution in [0.1, 0.15) is 37.3 Å². The van der Waals surface area contributed by atoms with Gasteiger partial charge < -0.3 is 10.1 Å². The fraction of sp³-hybridized carbons (Fsp3) is 0.263. The Morgan fingerprint density at radius 2 is 1.56 bits per heavy atom. The molecule has 1 heterocycles. The van der Waals surface area contributed by atoms with Crippen molar-refractivity contribution in [3.8, 4) is 0 Å². The number of amides is 1. The number of anilines is 1. The molecule has 2 aromatic rings. The van der Waals surface area contributed by atoms with E-state index in [9.17, 15) is 9.59 Å². The number of hydrogen-bond donors (Lipinski definition) is 1. The summed E-state index contributed by atoms with van der Waals surface area (Å²) in [4.78, 5) is 23.8. The molecule has 25 heavy (non-hydrogen) atoms. The summed E-state index contributed by atoms with van der Waals surface area (Å²) >= 11 is 3.93. The van der Waals surface area contributed by atoms with E-state index in [-0.39, 0.29) is 5.91 Å². The van der Waals surface area contributed by atoms with E-state index in [2.05, 4.69) is 10.1 Å². The molecule has 1 fully saturated rings. The number of hydrogen-bond acceptors (Lipinski definition) is 5. The number of rotatable bonds is 4. The minimum absolute atomic E-state index is 0.165. The van der Waals surface area contributed by atoms with Gasteiger partial charge in [-0.3, -0.25) is 4.79 Å². The number of thioether (sulfide) groups is 2. The molecule has 2 aromatic carbocycles. The highest BCUT2D eigenvalue weighted by Crippen LogP contribution is 2.43. The number of ether oxygens (including phenoxy) is 1. The van der Waals surface area contributed by atoms with Gasteiger partial charge in [0, 0.05) is 11.3 Å². The second-order valence-electron chi connectivity index (χ2n) is 5.57. The molecule has 130 valence electrons. The summed E-state index contributed by atoms with van der Waals surface area (Å²) in [7, 11) is 1.34. The summed E-state index contributed by atoms with van der Waals surface area (Å²) in [5, 5.41) is 2.84. The molecule has 0 radical (unpaired) electrons. The molecule has 3 rings (SSSR count). The van der Waals surface area contributed by atoms with Crippen LogP contribution in [-0.2, 0) is 4.74 Å².